The summed E-state index contributed by atoms with van der Waals surface area (Å²) in [5.41, 5.74) is 2.41. The van der Waals surface area contributed by atoms with Gasteiger partial charge in [0.2, 0.25) is 0 Å². The minimum Gasteiger partial charge on any atom is -0.379 e. The molecule has 90 valence electrons. The first kappa shape index (κ1) is 13.1. The molecule has 0 bridgehead atoms. The summed E-state index contributed by atoms with van der Waals surface area (Å²) in [4.78, 5) is 4.46. The first-order valence-corrected chi connectivity index (χ1v) is 6.02. The third-order valence-corrected chi connectivity index (χ3v) is 2.62. The van der Waals surface area contributed by atoms with Gasteiger partial charge in [-0.3, -0.25) is 4.98 Å². The number of ether oxygens (including phenoxy) is 1. The normalized spacial score (nSPS) is 12.7. The number of aryl methyl sites for hydroxylation is 1. The SMILES string of the molecule is CCCOCC(NC)c1ncccc1CC. The molecule has 1 unspecified atom stereocenters. The number of pyridine rings is 1. The van der Waals surface area contributed by atoms with Crippen molar-refractivity contribution >= 4 is 0 Å². The predicted molar refractivity (Wildman–Crippen MR) is 66.5 cm³/mol. The second kappa shape index (κ2) is 7.36. The van der Waals surface area contributed by atoms with E-state index in [1.54, 1.807) is 0 Å². The van der Waals surface area contributed by atoms with Gasteiger partial charge in [0.1, 0.15) is 0 Å². The maximum absolute atomic E-state index is 5.59. The molecule has 1 heterocycles. The van der Waals surface area contributed by atoms with Gasteiger partial charge < -0.3 is 10.1 Å². The molecule has 1 N–H and O–H groups in total. The fourth-order valence-corrected chi connectivity index (χ4v) is 1.71. The summed E-state index contributed by atoms with van der Waals surface area (Å²) < 4.78 is 5.59. The molecule has 0 amide bonds. The third-order valence-electron chi connectivity index (χ3n) is 2.62. The molecule has 0 aliphatic rings. The number of hydrogen-bond donors (Lipinski definition) is 1. The lowest BCUT2D eigenvalue weighted by Crippen LogP contribution is -2.24. The Labute approximate surface area is 98.2 Å². The van der Waals surface area contributed by atoms with E-state index in [4.69, 9.17) is 4.74 Å². The molecule has 3 heteroatoms. The van der Waals surface area contributed by atoms with Crippen molar-refractivity contribution in [1.29, 1.82) is 0 Å². The number of nitrogens with one attached hydrogen (secondary N) is 1. The van der Waals surface area contributed by atoms with Crippen molar-refractivity contribution in [2.24, 2.45) is 0 Å². The first-order chi connectivity index (χ1) is 7.83. The van der Waals surface area contributed by atoms with E-state index in [2.05, 4.69) is 30.2 Å². The van der Waals surface area contributed by atoms with Crippen molar-refractivity contribution < 1.29 is 4.74 Å². The zero-order valence-electron chi connectivity index (χ0n) is 10.5. The average Bonchev–Trinajstić information content (AvgIpc) is 2.35. The lowest BCUT2D eigenvalue weighted by Gasteiger charge is -2.18. The van der Waals surface area contributed by atoms with Crippen LogP contribution < -0.4 is 5.32 Å². The molecule has 0 saturated heterocycles. The van der Waals surface area contributed by atoms with Crippen LogP contribution in [0.15, 0.2) is 18.3 Å². The summed E-state index contributed by atoms with van der Waals surface area (Å²) in [6, 6.07) is 4.32. The van der Waals surface area contributed by atoms with Gasteiger partial charge in [-0.2, -0.15) is 0 Å². The van der Waals surface area contributed by atoms with E-state index < -0.39 is 0 Å². The summed E-state index contributed by atoms with van der Waals surface area (Å²) in [6.07, 6.45) is 3.91. The van der Waals surface area contributed by atoms with E-state index in [1.807, 2.05) is 19.3 Å². The zero-order valence-corrected chi connectivity index (χ0v) is 10.5. The Balaban J connectivity index is 2.69. The minimum atomic E-state index is 0.197. The van der Waals surface area contributed by atoms with Crippen molar-refractivity contribution in [1.82, 2.24) is 10.3 Å². The van der Waals surface area contributed by atoms with Gasteiger partial charge in [0, 0.05) is 12.8 Å². The molecule has 1 rings (SSSR count). The summed E-state index contributed by atoms with van der Waals surface area (Å²) >= 11 is 0. The molecule has 0 aromatic carbocycles. The molecule has 0 aliphatic heterocycles. The van der Waals surface area contributed by atoms with Crippen LogP contribution in [0.1, 0.15) is 37.6 Å². The molecule has 3 nitrogen and oxygen atoms in total. The van der Waals surface area contributed by atoms with E-state index >= 15 is 0 Å². The van der Waals surface area contributed by atoms with Crippen molar-refractivity contribution in [3.05, 3.63) is 29.6 Å². The van der Waals surface area contributed by atoms with Crippen LogP contribution in [0.25, 0.3) is 0 Å². The molecular formula is C13H22N2O. The van der Waals surface area contributed by atoms with Crippen LogP contribution in [0.3, 0.4) is 0 Å². The van der Waals surface area contributed by atoms with Crippen LogP contribution in [0.5, 0.6) is 0 Å². The third kappa shape index (κ3) is 3.58. The van der Waals surface area contributed by atoms with E-state index in [9.17, 15) is 0 Å². The Morgan fingerprint density at radius 1 is 1.44 bits per heavy atom. The number of nitrogens with zero attached hydrogens (tertiary/aromatic N) is 1. The van der Waals surface area contributed by atoms with Crippen molar-refractivity contribution in [3.63, 3.8) is 0 Å². The standard InChI is InChI=1S/C13H22N2O/c1-4-9-16-10-12(14-3)13-11(5-2)7-6-8-15-13/h6-8,12,14H,4-5,9-10H2,1-3H3. The largest absolute Gasteiger partial charge is 0.379 e. The van der Waals surface area contributed by atoms with E-state index in [1.165, 1.54) is 5.56 Å². The topological polar surface area (TPSA) is 34.1 Å². The molecule has 0 saturated carbocycles. The van der Waals surface area contributed by atoms with Crippen molar-refractivity contribution in [2.75, 3.05) is 20.3 Å². The summed E-state index contributed by atoms with van der Waals surface area (Å²) in [6.45, 7) is 5.77. The van der Waals surface area contributed by atoms with Crippen LogP contribution in [0.4, 0.5) is 0 Å². The Morgan fingerprint density at radius 3 is 2.88 bits per heavy atom. The molecule has 0 fully saturated rings. The Hall–Kier alpha value is -0.930. The number of aromatic nitrogens is 1. The average molecular weight is 222 g/mol. The summed E-state index contributed by atoms with van der Waals surface area (Å²) in [5.74, 6) is 0. The monoisotopic (exact) mass is 222 g/mol. The second-order valence-corrected chi connectivity index (χ2v) is 3.82. The highest BCUT2D eigenvalue weighted by atomic mass is 16.5. The zero-order chi connectivity index (χ0) is 11.8. The van der Waals surface area contributed by atoms with Crippen molar-refractivity contribution in [2.45, 2.75) is 32.7 Å². The number of likely N-dealkylation sites (N-methyl/N-ethyl adjacent to an activating group) is 1. The molecule has 0 aliphatic carbocycles. The number of rotatable bonds is 7. The van der Waals surface area contributed by atoms with Crippen LogP contribution in [0, 0.1) is 0 Å². The highest BCUT2D eigenvalue weighted by Crippen LogP contribution is 2.16. The first-order valence-electron chi connectivity index (χ1n) is 6.02. The van der Waals surface area contributed by atoms with Gasteiger partial charge in [-0.1, -0.05) is 19.9 Å². The fraction of sp³-hybridized carbons (Fsp3) is 0.615. The van der Waals surface area contributed by atoms with E-state index in [0.717, 1.165) is 25.1 Å². The van der Waals surface area contributed by atoms with Crippen molar-refractivity contribution in [3.8, 4) is 0 Å². The number of hydrogen-bond acceptors (Lipinski definition) is 3. The highest BCUT2D eigenvalue weighted by molar-refractivity contribution is 5.22. The van der Waals surface area contributed by atoms with Crippen LogP contribution in [-0.4, -0.2) is 25.2 Å². The molecule has 1 atom stereocenters. The quantitative estimate of drug-likeness (QED) is 0.719. The maximum atomic E-state index is 5.59. The lowest BCUT2D eigenvalue weighted by atomic mass is 10.1. The molecule has 1 aromatic heterocycles. The van der Waals surface area contributed by atoms with E-state index in [0.29, 0.717) is 6.61 Å². The molecule has 0 radical (unpaired) electrons. The molecular weight excluding hydrogens is 200 g/mol. The fourth-order valence-electron chi connectivity index (χ4n) is 1.71. The van der Waals surface area contributed by atoms with Crippen LogP contribution in [0.2, 0.25) is 0 Å². The molecule has 16 heavy (non-hydrogen) atoms. The Morgan fingerprint density at radius 2 is 2.25 bits per heavy atom. The lowest BCUT2D eigenvalue weighted by molar-refractivity contribution is 0.113. The molecule has 1 aromatic rings. The second-order valence-electron chi connectivity index (χ2n) is 3.82. The highest BCUT2D eigenvalue weighted by Gasteiger charge is 2.13. The smallest absolute Gasteiger partial charge is 0.0733 e. The van der Waals surface area contributed by atoms with Gasteiger partial charge >= 0.3 is 0 Å². The Kier molecular flexibility index (Phi) is 6.04. The van der Waals surface area contributed by atoms with Gasteiger partial charge in [0.15, 0.2) is 0 Å². The summed E-state index contributed by atoms with van der Waals surface area (Å²) in [7, 11) is 1.95. The van der Waals surface area contributed by atoms with Gasteiger partial charge in [-0.05, 0) is 31.5 Å². The van der Waals surface area contributed by atoms with Gasteiger partial charge in [0.05, 0.1) is 18.3 Å². The maximum Gasteiger partial charge on any atom is 0.0733 e. The van der Waals surface area contributed by atoms with Gasteiger partial charge in [0.25, 0.3) is 0 Å². The van der Waals surface area contributed by atoms with E-state index in [-0.39, 0.29) is 6.04 Å². The minimum absolute atomic E-state index is 0.197. The summed E-state index contributed by atoms with van der Waals surface area (Å²) in [5, 5.41) is 3.26. The van der Waals surface area contributed by atoms with Crippen LogP contribution >= 0.6 is 0 Å². The van der Waals surface area contributed by atoms with Gasteiger partial charge in [-0.25, -0.2) is 0 Å². The predicted octanol–water partition coefficient (Wildman–Crippen LogP) is 2.33. The molecule has 0 spiro atoms. The Bertz CT molecular complexity index is 302. The van der Waals surface area contributed by atoms with Crippen LogP contribution in [-0.2, 0) is 11.2 Å². The van der Waals surface area contributed by atoms with Gasteiger partial charge in [-0.15, -0.1) is 0 Å².